The first-order valence-corrected chi connectivity index (χ1v) is 7.25. The van der Waals surface area contributed by atoms with Crippen LogP contribution in [0.1, 0.15) is 18.1 Å². The predicted octanol–water partition coefficient (Wildman–Crippen LogP) is 2.68. The molecule has 102 valence electrons. The molecule has 2 aromatic carbocycles. The molecule has 0 spiro atoms. The Hall–Kier alpha value is -2.05. The third-order valence-electron chi connectivity index (χ3n) is 4.03. The Morgan fingerprint density at radius 2 is 2.00 bits per heavy atom. The van der Waals surface area contributed by atoms with Crippen molar-refractivity contribution in [3.8, 4) is 6.07 Å². The highest BCUT2D eigenvalue weighted by Crippen LogP contribution is 2.33. The van der Waals surface area contributed by atoms with E-state index < -0.39 is 0 Å². The predicted molar refractivity (Wildman–Crippen MR) is 83.1 cm³/mol. The lowest BCUT2D eigenvalue weighted by atomic mass is 9.96. The van der Waals surface area contributed by atoms with Crippen LogP contribution in [0.5, 0.6) is 0 Å². The van der Waals surface area contributed by atoms with E-state index in [1.54, 1.807) is 0 Å². The SMILES string of the molecule is CCc1cc2ccccc2c(N2CCNCC2)c1C#N. The average molecular weight is 265 g/mol. The largest absolute Gasteiger partial charge is 0.367 e. The molecule has 0 atom stereocenters. The Bertz CT molecular complexity index is 664. The summed E-state index contributed by atoms with van der Waals surface area (Å²) in [6.45, 7) is 6.01. The van der Waals surface area contributed by atoms with Crippen LogP contribution in [0, 0.1) is 11.3 Å². The van der Waals surface area contributed by atoms with Gasteiger partial charge in [0.15, 0.2) is 0 Å². The molecule has 0 aliphatic carbocycles. The zero-order valence-corrected chi connectivity index (χ0v) is 11.8. The molecule has 1 fully saturated rings. The standard InChI is InChI=1S/C17H19N3/c1-2-13-11-14-5-3-4-6-15(14)17(16(13)12-18)20-9-7-19-8-10-20/h3-6,11,19H,2,7-10H2,1H3. The number of rotatable bonds is 2. The minimum absolute atomic E-state index is 0.855. The van der Waals surface area contributed by atoms with E-state index in [9.17, 15) is 5.26 Å². The summed E-state index contributed by atoms with van der Waals surface area (Å²) in [5, 5.41) is 15.4. The highest BCUT2D eigenvalue weighted by atomic mass is 15.2. The van der Waals surface area contributed by atoms with Crippen LogP contribution in [0.4, 0.5) is 5.69 Å². The second kappa shape index (κ2) is 5.52. The molecule has 0 aromatic heterocycles. The van der Waals surface area contributed by atoms with Gasteiger partial charge >= 0.3 is 0 Å². The van der Waals surface area contributed by atoms with Crippen LogP contribution >= 0.6 is 0 Å². The third-order valence-corrected chi connectivity index (χ3v) is 4.03. The summed E-state index contributed by atoms with van der Waals surface area (Å²) in [5.74, 6) is 0. The number of benzene rings is 2. The molecule has 3 rings (SSSR count). The lowest BCUT2D eigenvalue weighted by molar-refractivity contribution is 0.590. The lowest BCUT2D eigenvalue weighted by Crippen LogP contribution is -2.44. The lowest BCUT2D eigenvalue weighted by Gasteiger charge is -2.31. The van der Waals surface area contributed by atoms with Gasteiger partial charge in [-0.2, -0.15) is 5.26 Å². The number of hydrogen-bond donors (Lipinski definition) is 1. The Labute approximate surface area is 119 Å². The van der Waals surface area contributed by atoms with Gasteiger partial charge in [0.05, 0.1) is 11.3 Å². The number of nitrogens with one attached hydrogen (secondary N) is 1. The molecule has 0 saturated carbocycles. The van der Waals surface area contributed by atoms with Gasteiger partial charge in [-0.3, -0.25) is 0 Å². The van der Waals surface area contributed by atoms with E-state index in [4.69, 9.17) is 0 Å². The molecule has 0 amide bonds. The average Bonchev–Trinajstić information content (AvgIpc) is 2.53. The van der Waals surface area contributed by atoms with Crippen LogP contribution in [-0.4, -0.2) is 26.2 Å². The monoisotopic (exact) mass is 265 g/mol. The first-order valence-electron chi connectivity index (χ1n) is 7.25. The molecular weight excluding hydrogens is 246 g/mol. The maximum absolute atomic E-state index is 9.63. The van der Waals surface area contributed by atoms with Gasteiger partial charge in [-0.25, -0.2) is 0 Å². The van der Waals surface area contributed by atoms with Crippen molar-refractivity contribution >= 4 is 16.5 Å². The minimum Gasteiger partial charge on any atom is -0.367 e. The van der Waals surface area contributed by atoms with Crippen LogP contribution in [-0.2, 0) is 6.42 Å². The molecule has 0 unspecified atom stereocenters. The van der Waals surface area contributed by atoms with E-state index >= 15 is 0 Å². The van der Waals surface area contributed by atoms with Gasteiger partial charge in [0, 0.05) is 31.6 Å². The number of fused-ring (bicyclic) bond motifs is 1. The fraction of sp³-hybridized carbons (Fsp3) is 0.353. The third kappa shape index (κ3) is 2.13. The second-order valence-electron chi connectivity index (χ2n) is 5.18. The Kier molecular flexibility index (Phi) is 3.58. The van der Waals surface area contributed by atoms with Gasteiger partial charge in [-0.15, -0.1) is 0 Å². The molecule has 2 aromatic rings. The van der Waals surface area contributed by atoms with Gasteiger partial charge in [0.25, 0.3) is 0 Å². The van der Waals surface area contributed by atoms with Crippen molar-refractivity contribution in [2.24, 2.45) is 0 Å². The maximum atomic E-state index is 9.63. The zero-order chi connectivity index (χ0) is 13.9. The van der Waals surface area contributed by atoms with Gasteiger partial charge < -0.3 is 10.2 Å². The van der Waals surface area contributed by atoms with Gasteiger partial charge in [0.2, 0.25) is 0 Å². The second-order valence-corrected chi connectivity index (χ2v) is 5.18. The summed E-state index contributed by atoms with van der Waals surface area (Å²) >= 11 is 0. The zero-order valence-electron chi connectivity index (χ0n) is 11.8. The molecule has 0 radical (unpaired) electrons. The van der Waals surface area contributed by atoms with Crippen molar-refractivity contribution in [1.29, 1.82) is 5.26 Å². The summed E-state index contributed by atoms with van der Waals surface area (Å²) < 4.78 is 0. The fourth-order valence-electron chi connectivity index (χ4n) is 3.01. The van der Waals surface area contributed by atoms with Crippen molar-refractivity contribution in [2.75, 3.05) is 31.1 Å². The number of anilines is 1. The number of nitrogens with zero attached hydrogens (tertiary/aromatic N) is 2. The van der Waals surface area contributed by atoms with E-state index in [0.29, 0.717) is 0 Å². The molecule has 3 nitrogen and oxygen atoms in total. The van der Waals surface area contributed by atoms with E-state index in [1.165, 1.54) is 10.8 Å². The first-order chi connectivity index (χ1) is 9.85. The van der Waals surface area contributed by atoms with E-state index in [2.05, 4.69) is 53.5 Å². The van der Waals surface area contributed by atoms with Crippen LogP contribution in [0.2, 0.25) is 0 Å². The Balaban J connectivity index is 2.27. The van der Waals surface area contributed by atoms with Crippen molar-refractivity contribution < 1.29 is 0 Å². The molecule has 1 heterocycles. The minimum atomic E-state index is 0.855. The molecule has 1 saturated heterocycles. The topological polar surface area (TPSA) is 39.1 Å². The highest BCUT2D eigenvalue weighted by molar-refractivity contribution is 5.98. The van der Waals surface area contributed by atoms with Crippen LogP contribution in [0.15, 0.2) is 30.3 Å². The quantitative estimate of drug-likeness (QED) is 0.907. The van der Waals surface area contributed by atoms with E-state index in [-0.39, 0.29) is 0 Å². The van der Waals surface area contributed by atoms with E-state index in [0.717, 1.165) is 49.4 Å². The van der Waals surface area contributed by atoms with Gasteiger partial charge in [0.1, 0.15) is 6.07 Å². The number of piperazine rings is 1. The van der Waals surface area contributed by atoms with Gasteiger partial charge in [-0.1, -0.05) is 31.2 Å². The highest BCUT2D eigenvalue weighted by Gasteiger charge is 2.19. The molecule has 20 heavy (non-hydrogen) atoms. The number of hydrogen-bond acceptors (Lipinski definition) is 3. The summed E-state index contributed by atoms with van der Waals surface area (Å²) in [4.78, 5) is 2.36. The smallest absolute Gasteiger partial charge is 0.102 e. The first kappa shape index (κ1) is 13.0. The van der Waals surface area contributed by atoms with Crippen molar-refractivity contribution in [1.82, 2.24) is 5.32 Å². The summed E-state index contributed by atoms with van der Waals surface area (Å²) in [6.07, 6.45) is 0.896. The molecule has 3 heteroatoms. The molecule has 1 aliphatic heterocycles. The normalized spacial score (nSPS) is 15.3. The van der Waals surface area contributed by atoms with Crippen molar-refractivity contribution in [3.63, 3.8) is 0 Å². The Morgan fingerprint density at radius 3 is 2.70 bits per heavy atom. The van der Waals surface area contributed by atoms with Crippen LogP contribution in [0.3, 0.4) is 0 Å². The van der Waals surface area contributed by atoms with Crippen molar-refractivity contribution in [2.45, 2.75) is 13.3 Å². The van der Waals surface area contributed by atoms with Crippen molar-refractivity contribution in [3.05, 3.63) is 41.5 Å². The molecular formula is C17H19N3. The Morgan fingerprint density at radius 1 is 1.25 bits per heavy atom. The number of aryl methyl sites for hydroxylation is 1. The molecule has 0 bridgehead atoms. The summed E-state index contributed by atoms with van der Waals surface area (Å²) in [6, 6.07) is 13.0. The van der Waals surface area contributed by atoms with Crippen LogP contribution < -0.4 is 10.2 Å². The number of nitriles is 1. The fourth-order valence-corrected chi connectivity index (χ4v) is 3.01. The molecule has 1 N–H and O–H groups in total. The van der Waals surface area contributed by atoms with E-state index in [1.807, 2.05) is 0 Å². The maximum Gasteiger partial charge on any atom is 0.102 e. The molecule has 1 aliphatic rings. The summed E-state index contributed by atoms with van der Waals surface area (Å²) in [7, 11) is 0. The van der Waals surface area contributed by atoms with Gasteiger partial charge in [-0.05, 0) is 23.4 Å². The summed E-state index contributed by atoms with van der Waals surface area (Å²) in [5.41, 5.74) is 3.14. The van der Waals surface area contributed by atoms with Crippen LogP contribution in [0.25, 0.3) is 10.8 Å².